The average Bonchev–Trinajstić information content (AvgIpc) is 2.39. The summed E-state index contributed by atoms with van der Waals surface area (Å²) >= 11 is 0. The van der Waals surface area contributed by atoms with Crippen LogP contribution in [0.4, 0.5) is 0 Å². The molecule has 0 saturated carbocycles. The Morgan fingerprint density at radius 2 is 2.12 bits per heavy atom. The van der Waals surface area contributed by atoms with Gasteiger partial charge < -0.3 is 4.74 Å². The molecule has 1 aromatic rings. The molecule has 16 heavy (non-hydrogen) atoms. The fourth-order valence-corrected chi connectivity index (χ4v) is 2.34. The molecule has 2 rings (SSSR count). The number of morpholine rings is 1. The summed E-state index contributed by atoms with van der Waals surface area (Å²) in [6.45, 7) is 7.31. The van der Waals surface area contributed by atoms with Crippen molar-refractivity contribution in [3.63, 3.8) is 0 Å². The van der Waals surface area contributed by atoms with Crippen LogP contribution in [0.15, 0.2) is 30.3 Å². The summed E-state index contributed by atoms with van der Waals surface area (Å²) in [6.07, 6.45) is 1.20. The van der Waals surface area contributed by atoms with Crippen LogP contribution in [0.5, 0.6) is 0 Å². The second-order valence-corrected chi connectivity index (χ2v) is 4.50. The normalized spacial score (nSPS) is 24.2. The molecule has 2 nitrogen and oxygen atoms in total. The molecule has 0 N–H and O–H groups in total. The number of rotatable bonds is 3. The van der Waals surface area contributed by atoms with E-state index in [0.717, 1.165) is 19.8 Å². The summed E-state index contributed by atoms with van der Waals surface area (Å²) in [6, 6.07) is 11.8. The van der Waals surface area contributed by atoms with Gasteiger partial charge in [0.1, 0.15) is 0 Å². The summed E-state index contributed by atoms with van der Waals surface area (Å²) in [5, 5.41) is 0. The van der Waals surface area contributed by atoms with Crippen LogP contribution in [0.1, 0.15) is 31.9 Å². The Labute approximate surface area is 98.2 Å². The van der Waals surface area contributed by atoms with E-state index in [2.05, 4.69) is 49.1 Å². The Balaban J connectivity index is 2.16. The van der Waals surface area contributed by atoms with Crippen LogP contribution in [-0.2, 0) is 4.74 Å². The van der Waals surface area contributed by atoms with Gasteiger partial charge in [-0.05, 0) is 18.9 Å². The summed E-state index contributed by atoms with van der Waals surface area (Å²) in [5.41, 5.74) is 1.38. The molecule has 88 valence electrons. The van der Waals surface area contributed by atoms with E-state index in [0.29, 0.717) is 12.1 Å². The zero-order chi connectivity index (χ0) is 11.4. The van der Waals surface area contributed by atoms with Gasteiger partial charge in [0.15, 0.2) is 0 Å². The molecule has 0 bridgehead atoms. The fraction of sp³-hybridized carbons (Fsp3) is 0.571. The third-order valence-electron chi connectivity index (χ3n) is 3.51. The summed E-state index contributed by atoms with van der Waals surface area (Å²) in [4.78, 5) is 2.57. The Morgan fingerprint density at radius 3 is 2.81 bits per heavy atom. The van der Waals surface area contributed by atoms with Crippen LogP contribution in [0.2, 0.25) is 0 Å². The topological polar surface area (TPSA) is 12.5 Å². The maximum Gasteiger partial charge on any atom is 0.0664 e. The van der Waals surface area contributed by atoms with Crippen LogP contribution in [0.3, 0.4) is 0 Å². The predicted molar refractivity (Wildman–Crippen MR) is 66.5 cm³/mol. The number of ether oxygens (including phenoxy) is 1. The van der Waals surface area contributed by atoms with E-state index in [1.807, 2.05) is 0 Å². The minimum atomic E-state index is 0.435. The van der Waals surface area contributed by atoms with E-state index in [1.165, 1.54) is 12.0 Å². The zero-order valence-electron chi connectivity index (χ0n) is 10.2. The molecule has 1 saturated heterocycles. The maximum atomic E-state index is 5.62. The monoisotopic (exact) mass is 219 g/mol. The lowest BCUT2D eigenvalue weighted by molar-refractivity contribution is -0.0273. The minimum Gasteiger partial charge on any atom is -0.378 e. The first kappa shape index (κ1) is 11.6. The van der Waals surface area contributed by atoms with Crippen LogP contribution in [-0.4, -0.2) is 30.7 Å². The Bertz CT molecular complexity index is 312. The maximum absolute atomic E-state index is 5.62. The highest BCUT2D eigenvalue weighted by atomic mass is 16.5. The van der Waals surface area contributed by atoms with E-state index in [1.54, 1.807) is 0 Å². The van der Waals surface area contributed by atoms with Gasteiger partial charge in [-0.1, -0.05) is 37.3 Å². The average molecular weight is 219 g/mol. The van der Waals surface area contributed by atoms with Crippen molar-refractivity contribution in [2.75, 3.05) is 19.8 Å². The van der Waals surface area contributed by atoms with E-state index >= 15 is 0 Å². The molecule has 1 fully saturated rings. The third-order valence-corrected chi connectivity index (χ3v) is 3.51. The smallest absolute Gasteiger partial charge is 0.0664 e. The molecule has 1 aromatic carbocycles. The SMILES string of the molecule is CCC(C)N1CCOCC1c1ccccc1. The van der Waals surface area contributed by atoms with E-state index < -0.39 is 0 Å². The molecule has 2 unspecified atom stereocenters. The molecule has 0 aliphatic carbocycles. The first-order valence-corrected chi connectivity index (χ1v) is 6.21. The molecule has 0 aromatic heterocycles. The first-order chi connectivity index (χ1) is 7.83. The van der Waals surface area contributed by atoms with Crippen molar-refractivity contribution < 1.29 is 4.74 Å². The van der Waals surface area contributed by atoms with Gasteiger partial charge in [0.25, 0.3) is 0 Å². The largest absolute Gasteiger partial charge is 0.378 e. The van der Waals surface area contributed by atoms with Crippen molar-refractivity contribution in [2.24, 2.45) is 0 Å². The second kappa shape index (κ2) is 5.46. The van der Waals surface area contributed by atoms with Crippen molar-refractivity contribution >= 4 is 0 Å². The Kier molecular flexibility index (Phi) is 3.97. The fourth-order valence-electron chi connectivity index (χ4n) is 2.34. The van der Waals surface area contributed by atoms with E-state index in [-0.39, 0.29) is 0 Å². The molecule has 0 radical (unpaired) electrons. The molecule has 1 aliphatic rings. The van der Waals surface area contributed by atoms with Gasteiger partial charge in [-0.3, -0.25) is 4.90 Å². The highest BCUT2D eigenvalue weighted by Gasteiger charge is 2.27. The highest BCUT2D eigenvalue weighted by molar-refractivity contribution is 5.19. The van der Waals surface area contributed by atoms with Gasteiger partial charge in [-0.2, -0.15) is 0 Å². The number of hydrogen-bond acceptors (Lipinski definition) is 2. The number of hydrogen-bond donors (Lipinski definition) is 0. The van der Waals surface area contributed by atoms with Gasteiger partial charge >= 0.3 is 0 Å². The molecular formula is C14H21NO. The van der Waals surface area contributed by atoms with Crippen LogP contribution in [0.25, 0.3) is 0 Å². The third kappa shape index (κ3) is 2.45. The quantitative estimate of drug-likeness (QED) is 0.775. The predicted octanol–water partition coefficient (Wildman–Crippen LogP) is 2.86. The van der Waals surface area contributed by atoms with Gasteiger partial charge in [0, 0.05) is 12.6 Å². The molecule has 2 heteroatoms. The van der Waals surface area contributed by atoms with Crippen LogP contribution < -0.4 is 0 Å². The Hall–Kier alpha value is -0.860. The van der Waals surface area contributed by atoms with Crippen molar-refractivity contribution in [1.29, 1.82) is 0 Å². The lowest BCUT2D eigenvalue weighted by atomic mass is 10.0. The summed E-state index contributed by atoms with van der Waals surface area (Å²) in [7, 11) is 0. The van der Waals surface area contributed by atoms with E-state index in [9.17, 15) is 0 Å². The van der Waals surface area contributed by atoms with Crippen molar-refractivity contribution in [3.8, 4) is 0 Å². The summed E-state index contributed by atoms with van der Waals surface area (Å²) in [5.74, 6) is 0. The minimum absolute atomic E-state index is 0.435. The first-order valence-electron chi connectivity index (χ1n) is 6.21. The molecular weight excluding hydrogens is 198 g/mol. The number of nitrogens with zero attached hydrogens (tertiary/aromatic N) is 1. The van der Waals surface area contributed by atoms with Gasteiger partial charge in [0.05, 0.1) is 19.3 Å². The second-order valence-electron chi connectivity index (χ2n) is 4.50. The zero-order valence-corrected chi connectivity index (χ0v) is 10.2. The molecule has 0 spiro atoms. The molecule has 2 atom stereocenters. The molecule has 0 amide bonds. The molecule has 1 heterocycles. The van der Waals surface area contributed by atoms with Crippen molar-refractivity contribution in [1.82, 2.24) is 4.90 Å². The standard InChI is InChI=1S/C14H21NO/c1-3-12(2)15-9-10-16-11-14(15)13-7-5-4-6-8-13/h4-8,12,14H,3,9-11H2,1-2H3. The Morgan fingerprint density at radius 1 is 1.38 bits per heavy atom. The highest BCUT2D eigenvalue weighted by Crippen LogP contribution is 2.26. The van der Waals surface area contributed by atoms with Gasteiger partial charge in [-0.15, -0.1) is 0 Å². The lowest BCUT2D eigenvalue weighted by Gasteiger charge is -2.39. The van der Waals surface area contributed by atoms with E-state index in [4.69, 9.17) is 4.74 Å². The van der Waals surface area contributed by atoms with Gasteiger partial charge in [-0.25, -0.2) is 0 Å². The van der Waals surface area contributed by atoms with Crippen molar-refractivity contribution in [3.05, 3.63) is 35.9 Å². The van der Waals surface area contributed by atoms with Crippen molar-refractivity contribution in [2.45, 2.75) is 32.4 Å². The van der Waals surface area contributed by atoms with Crippen LogP contribution >= 0.6 is 0 Å². The molecule has 1 aliphatic heterocycles. The van der Waals surface area contributed by atoms with Crippen LogP contribution in [0, 0.1) is 0 Å². The van der Waals surface area contributed by atoms with Gasteiger partial charge in [0.2, 0.25) is 0 Å². The summed E-state index contributed by atoms with van der Waals surface area (Å²) < 4.78 is 5.62. The number of benzene rings is 1. The lowest BCUT2D eigenvalue weighted by Crippen LogP contribution is -2.44.